The van der Waals surface area contributed by atoms with E-state index in [1.54, 1.807) is 12.1 Å². The quantitative estimate of drug-likeness (QED) is 0.0477. The van der Waals surface area contributed by atoms with Gasteiger partial charge in [0.2, 0.25) is 5.69 Å². The van der Waals surface area contributed by atoms with Gasteiger partial charge in [-0.2, -0.15) is 13.0 Å². The van der Waals surface area contributed by atoms with E-state index in [1.165, 1.54) is 28.6 Å². The molecule has 0 radical (unpaired) electrons. The smallest absolute Gasteiger partial charge is 0.294 e. The van der Waals surface area contributed by atoms with Crippen LogP contribution in [0.25, 0.3) is 0 Å². The van der Waals surface area contributed by atoms with Crippen LogP contribution in [-0.2, 0) is 30.3 Å². The van der Waals surface area contributed by atoms with Crippen LogP contribution < -0.4 is 4.90 Å². The Morgan fingerprint density at radius 1 is 0.977 bits per heavy atom. The number of aryl methyl sites for hydroxylation is 1. The number of anilines is 1. The zero-order valence-electron chi connectivity index (χ0n) is 25.6. The van der Waals surface area contributed by atoms with Gasteiger partial charge in [0.05, 0.1) is 10.3 Å². The van der Waals surface area contributed by atoms with E-state index in [0.29, 0.717) is 18.7 Å². The minimum absolute atomic E-state index is 0.0839. The molecule has 8 nitrogen and oxygen atoms in total. The maximum absolute atomic E-state index is 11.9. The molecule has 0 aliphatic carbocycles. The summed E-state index contributed by atoms with van der Waals surface area (Å²) in [5.74, 6) is 0.573. The van der Waals surface area contributed by atoms with Gasteiger partial charge in [0.1, 0.15) is 6.54 Å². The third kappa shape index (κ3) is 6.90. The van der Waals surface area contributed by atoms with Crippen molar-refractivity contribution in [2.75, 3.05) is 23.7 Å². The lowest BCUT2D eigenvalue weighted by atomic mass is 9.81. The topological polar surface area (TPSA) is 99.3 Å². The summed E-state index contributed by atoms with van der Waals surface area (Å²) in [5, 5.41) is 12.0. The summed E-state index contributed by atoms with van der Waals surface area (Å²) in [4.78, 5) is 2.25. The van der Waals surface area contributed by atoms with Crippen molar-refractivity contribution < 1.29 is 32.2 Å². The molecule has 0 saturated heterocycles. The molecule has 0 atom stereocenters. The Hall–Kier alpha value is -2.99. The summed E-state index contributed by atoms with van der Waals surface area (Å²) in [6, 6.07) is 11.4. The van der Waals surface area contributed by atoms with Gasteiger partial charge in [0.25, 0.3) is 10.1 Å². The Morgan fingerprint density at radius 3 is 2.40 bits per heavy atom. The molecule has 0 spiro atoms. The molecule has 2 aromatic rings. The van der Waals surface area contributed by atoms with Crippen LogP contribution in [-0.4, -0.2) is 47.4 Å². The lowest BCUT2D eigenvalue weighted by molar-refractivity contribution is -0.438. The first-order valence-corrected chi connectivity index (χ1v) is 16.7. The highest BCUT2D eigenvalue weighted by Crippen LogP contribution is 2.48. The van der Waals surface area contributed by atoms with E-state index in [0.717, 1.165) is 35.6 Å². The minimum atomic E-state index is -4.33. The molecular weight excluding hydrogens is 585 g/mol. The van der Waals surface area contributed by atoms with Crippen LogP contribution in [0, 0.1) is 6.92 Å². The van der Waals surface area contributed by atoms with E-state index < -0.39 is 15.5 Å². The second-order valence-electron chi connectivity index (χ2n) is 11.7. The molecule has 43 heavy (non-hydrogen) atoms. The van der Waals surface area contributed by atoms with Crippen LogP contribution in [0.3, 0.4) is 0 Å². The fourth-order valence-electron chi connectivity index (χ4n) is 6.01. The van der Waals surface area contributed by atoms with E-state index >= 15 is 0 Å². The molecule has 10 heteroatoms. The average Bonchev–Trinajstić information content (AvgIpc) is 3.29. The van der Waals surface area contributed by atoms with Gasteiger partial charge in [-0.3, -0.25) is 4.55 Å². The summed E-state index contributed by atoms with van der Waals surface area (Å²) < 4.78 is 40.0. The van der Waals surface area contributed by atoms with Gasteiger partial charge in [-0.05, 0) is 57.5 Å². The fraction of sp³-hybridized carbons (Fsp3) is 0.364. The van der Waals surface area contributed by atoms with Crippen molar-refractivity contribution >= 4 is 39.2 Å². The molecule has 2 aliphatic rings. The molecule has 0 unspecified atom stereocenters. The molecule has 0 bridgehead atoms. The van der Waals surface area contributed by atoms with Gasteiger partial charge in [-0.1, -0.05) is 67.0 Å². The Balaban J connectivity index is 1.55. The number of benzene rings is 2. The summed E-state index contributed by atoms with van der Waals surface area (Å²) in [5.41, 5.74) is 7.26. The number of allylic oxidation sites excluding steroid dienone is 8. The Morgan fingerprint density at radius 2 is 1.70 bits per heavy atom. The van der Waals surface area contributed by atoms with Crippen molar-refractivity contribution in [2.45, 2.75) is 63.7 Å². The van der Waals surface area contributed by atoms with Crippen molar-refractivity contribution in [3.05, 3.63) is 101 Å². The number of hydrogen-bond donors (Lipinski definition) is 2. The molecule has 0 fully saturated rings. The van der Waals surface area contributed by atoms with E-state index in [2.05, 4.69) is 76.9 Å². The second kappa shape index (κ2) is 13.3. The lowest BCUT2D eigenvalue weighted by Gasteiger charge is -2.25. The van der Waals surface area contributed by atoms with E-state index in [9.17, 15) is 13.0 Å². The van der Waals surface area contributed by atoms with Gasteiger partial charge in [0.15, 0.2) is 5.71 Å². The first-order chi connectivity index (χ1) is 20.3. The number of nitrogens with zero attached hydrogens (tertiary/aromatic N) is 2. The van der Waals surface area contributed by atoms with E-state index in [1.807, 2.05) is 44.2 Å². The molecule has 230 valence electrons. The number of hydrogen-bond acceptors (Lipinski definition) is 7. The number of fused-ring (bicyclic) bond motifs is 2. The Bertz CT molecular complexity index is 1620. The second-order valence-corrected chi connectivity index (χ2v) is 13.9. The van der Waals surface area contributed by atoms with Crippen LogP contribution in [0.5, 0.6) is 0 Å². The van der Waals surface area contributed by atoms with E-state index in [4.69, 9.17) is 5.26 Å². The normalized spacial score (nSPS) is 18.6. The van der Waals surface area contributed by atoms with Crippen molar-refractivity contribution in [3.8, 4) is 0 Å². The van der Waals surface area contributed by atoms with Crippen molar-refractivity contribution in [3.63, 3.8) is 0 Å². The third-order valence-electron chi connectivity index (χ3n) is 8.17. The average molecular weight is 626 g/mol. The Kier molecular flexibility index (Phi) is 10.2. The molecule has 2 aliphatic heterocycles. The molecule has 2 aromatic carbocycles. The van der Waals surface area contributed by atoms with Gasteiger partial charge in [0, 0.05) is 65.3 Å². The van der Waals surface area contributed by atoms with Crippen molar-refractivity contribution in [1.82, 2.24) is 0 Å². The van der Waals surface area contributed by atoms with Crippen LogP contribution >= 0.6 is 12.0 Å². The first kappa shape index (κ1) is 32.9. The molecule has 2 N–H and O–H groups in total. The van der Waals surface area contributed by atoms with Crippen molar-refractivity contribution in [1.29, 1.82) is 0 Å². The monoisotopic (exact) mass is 625 g/mol. The predicted molar refractivity (Wildman–Crippen MR) is 174 cm³/mol. The largest absolute Gasteiger partial charge is 0.344 e. The fourth-order valence-corrected chi connectivity index (χ4v) is 6.87. The first-order valence-electron chi connectivity index (χ1n) is 14.3. The molecule has 0 amide bonds. The Labute approximate surface area is 259 Å². The van der Waals surface area contributed by atoms with Gasteiger partial charge in [-0.25, -0.2) is 5.26 Å². The summed E-state index contributed by atoms with van der Waals surface area (Å²) in [6.45, 7) is 14.5. The standard InChI is InChI=1S/C33H40N2O6S2/c1-7-34-28-18-16-24(2)22-26(28)32(3,4)30(34)14-11-9-8-10-12-15-31-33(5,6)27-23-25(43(37,38)39)17-19-29(27)35(31)20-13-21-42-41-40-36/h8-12,14-19,22-23H,7,13,20-21H2,1-6H3,(H-,36,37,38,39)/p+1. The maximum atomic E-state index is 11.9. The molecular formula is C33H41N2O6S2+. The van der Waals surface area contributed by atoms with Crippen LogP contribution in [0.15, 0.2) is 89.5 Å². The molecule has 4 rings (SSSR count). The maximum Gasteiger partial charge on any atom is 0.294 e. The van der Waals surface area contributed by atoms with E-state index in [-0.39, 0.29) is 10.3 Å². The summed E-state index contributed by atoms with van der Waals surface area (Å²) in [6.07, 6.45) is 15.0. The SMILES string of the molecule is CCN1C(=CC=CC=CC=CC2=[N+](CCCSOOO)c3ccc(S(=O)(=O)O)cc3C2(C)C)C(C)(C)c2cc(C)ccc21. The van der Waals surface area contributed by atoms with Gasteiger partial charge >= 0.3 is 0 Å². The highest BCUT2D eigenvalue weighted by molar-refractivity contribution is 7.94. The summed E-state index contributed by atoms with van der Waals surface area (Å²) in [7, 11) is -4.33. The number of likely N-dealkylation sites (N-methyl/N-ethyl adjacent to an activating group) is 1. The lowest BCUT2D eigenvalue weighted by Crippen LogP contribution is -2.28. The molecule has 0 aromatic heterocycles. The predicted octanol–water partition coefficient (Wildman–Crippen LogP) is 7.45. The minimum Gasteiger partial charge on any atom is -0.344 e. The molecule has 0 saturated carbocycles. The highest BCUT2D eigenvalue weighted by atomic mass is 32.2. The van der Waals surface area contributed by atoms with Crippen molar-refractivity contribution in [2.24, 2.45) is 0 Å². The van der Waals surface area contributed by atoms with Crippen LogP contribution in [0.1, 0.15) is 57.7 Å². The summed E-state index contributed by atoms with van der Waals surface area (Å²) >= 11 is 0.996. The molecule has 2 heterocycles. The van der Waals surface area contributed by atoms with Gasteiger partial charge in [-0.15, -0.1) is 4.33 Å². The zero-order valence-corrected chi connectivity index (χ0v) is 27.2. The van der Waals surface area contributed by atoms with Crippen LogP contribution in [0.4, 0.5) is 11.4 Å². The zero-order chi connectivity index (χ0) is 31.4. The third-order valence-corrected chi connectivity index (χ3v) is 9.63. The highest BCUT2D eigenvalue weighted by Gasteiger charge is 2.44. The van der Waals surface area contributed by atoms with Crippen LogP contribution in [0.2, 0.25) is 0 Å². The van der Waals surface area contributed by atoms with Gasteiger partial charge < -0.3 is 4.90 Å². The number of rotatable bonds is 12.